The molecule has 8 nitrogen and oxygen atoms in total. The lowest BCUT2D eigenvalue weighted by atomic mass is 9.83. The molecule has 1 aliphatic heterocycles. The average molecular weight is 492 g/mol. The molecule has 182 valence electrons. The minimum atomic E-state index is -0.872. The van der Waals surface area contributed by atoms with Crippen molar-refractivity contribution >= 4 is 16.9 Å². The Morgan fingerprint density at radius 3 is 2.59 bits per heavy atom. The Kier molecular flexibility index (Phi) is 6.18. The van der Waals surface area contributed by atoms with Gasteiger partial charge >= 0.3 is 11.6 Å². The van der Waals surface area contributed by atoms with Crippen molar-refractivity contribution in [3.05, 3.63) is 124 Å². The van der Waals surface area contributed by atoms with Gasteiger partial charge in [0, 0.05) is 17.0 Å². The maximum Gasteiger partial charge on any atom is 0.351 e. The van der Waals surface area contributed by atoms with Gasteiger partial charge in [0.05, 0.1) is 5.92 Å². The molecule has 1 atom stereocenters. The number of fused-ring (bicyclic) bond motifs is 2. The van der Waals surface area contributed by atoms with E-state index in [-0.39, 0.29) is 22.8 Å². The molecule has 1 aliphatic rings. The van der Waals surface area contributed by atoms with Crippen molar-refractivity contribution in [2.24, 2.45) is 5.73 Å². The Morgan fingerprint density at radius 2 is 1.84 bits per heavy atom. The Bertz CT molecular complexity index is 1660. The molecule has 0 amide bonds. The number of carbonyl (C=O) groups excluding carboxylic acids is 1. The number of nitriles is 1. The number of carbonyl (C=O) groups is 1. The summed E-state index contributed by atoms with van der Waals surface area (Å²) in [5, 5.41) is 10.4. The van der Waals surface area contributed by atoms with Gasteiger partial charge in [-0.2, -0.15) is 5.26 Å². The summed E-state index contributed by atoms with van der Waals surface area (Å²) >= 11 is 0. The lowest BCUT2D eigenvalue weighted by Crippen LogP contribution is -2.21. The fraction of sp³-hybridized carbons (Fsp3) is 0.0690. The van der Waals surface area contributed by atoms with Gasteiger partial charge in [0.25, 0.3) is 0 Å². The maximum absolute atomic E-state index is 12.8. The highest BCUT2D eigenvalue weighted by Crippen LogP contribution is 2.43. The topological polar surface area (TPSA) is 125 Å². The third-order valence-electron chi connectivity index (χ3n) is 5.84. The standard InChI is InChI=1S/C29H20N2O6/c1-2-13-34-19-9-7-17(8-10-19)26-21-12-11-20(15-25(21)36-27(31)23(26)16-30)35-28(32)22-14-18-5-3-4-6-24(18)37-29(22)33/h2-12,14-15,26H,1,13,31H2. The van der Waals surface area contributed by atoms with Crippen molar-refractivity contribution in [2.75, 3.05) is 6.61 Å². The van der Waals surface area contributed by atoms with E-state index in [1.54, 1.807) is 54.6 Å². The summed E-state index contributed by atoms with van der Waals surface area (Å²) in [4.78, 5) is 25.1. The number of para-hydroxylation sites is 1. The number of hydrogen-bond acceptors (Lipinski definition) is 8. The quantitative estimate of drug-likeness (QED) is 0.176. The third-order valence-corrected chi connectivity index (χ3v) is 5.84. The molecular weight excluding hydrogens is 472 g/mol. The van der Waals surface area contributed by atoms with Crippen molar-refractivity contribution in [3.63, 3.8) is 0 Å². The van der Waals surface area contributed by atoms with Crippen LogP contribution in [0, 0.1) is 11.3 Å². The number of nitrogens with two attached hydrogens (primary N) is 1. The number of nitrogens with zero attached hydrogens (tertiary/aromatic N) is 1. The first-order chi connectivity index (χ1) is 18.0. The zero-order chi connectivity index (χ0) is 25.9. The van der Waals surface area contributed by atoms with Gasteiger partial charge in [-0.3, -0.25) is 0 Å². The number of hydrogen-bond donors (Lipinski definition) is 1. The normalized spacial score (nSPS) is 14.3. The number of benzene rings is 3. The SMILES string of the molecule is C=CCOc1ccc(C2C(C#N)=C(N)Oc3cc(OC(=O)c4cc5ccccc5oc4=O)ccc32)cc1. The highest BCUT2D eigenvalue weighted by Gasteiger charge is 2.31. The van der Waals surface area contributed by atoms with Crippen LogP contribution in [0.5, 0.6) is 17.2 Å². The van der Waals surface area contributed by atoms with Crippen molar-refractivity contribution in [1.29, 1.82) is 5.26 Å². The average Bonchev–Trinajstić information content (AvgIpc) is 2.91. The highest BCUT2D eigenvalue weighted by atomic mass is 16.5. The van der Waals surface area contributed by atoms with E-state index in [1.165, 1.54) is 12.1 Å². The van der Waals surface area contributed by atoms with Crippen LogP contribution < -0.4 is 25.6 Å². The third kappa shape index (κ3) is 4.54. The first-order valence-corrected chi connectivity index (χ1v) is 11.3. The zero-order valence-electron chi connectivity index (χ0n) is 19.5. The van der Waals surface area contributed by atoms with Crippen LogP contribution in [0.1, 0.15) is 27.4 Å². The van der Waals surface area contributed by atoms with Crippen molar-refractivity contribution in [1.82, 2.24) is 0 Å². The van der Waals surface area contributed by atoms with Crippen LogP contribution >= 0.6 is 0 Å². The molecule has 1 aromatic heterocycles. The fourth-order valence-corrected chi connectivity index (χ4v) is 4.12. The van der Waals surface area contributed by atoms with E-state index in [1.807, 2.05) is 12.1 Å². The molecular formula is C29H20N2O6. The summed E-state index contributed by atoms with van der Waals surface area (Å²) < 4.78 is 21.9. The molecule has 3 aromatic carbocycles. The summed E-state index contributed by atoms with van der Waals surface area (Å²) in [6, 6.07) is 22.4. The predicted molar refractivity (Wildman–Crippen MR) is 135 cm³/mol. The molecule has 4 aromatic rings. The summed E-state index contributed by atoms with van der Waals surface area (Å²) in [6.07, 6.45) is 1.65. The largest absolute Gasteiger partial charge is 0.490 e. The van der Waals surface area contributed by atoms with Gasteiger partial charge in [0.1, 0.15) is 46.6 Å². The maximum atomic E-state index is 12.8. The lowest BCUT2D eigenvalue weighted by molar-refractivity contribution is 0.0730. The van der Waals surface area contributed by atoms with E-state index in [2.05, 4.69) is 12.6 Å². The summed E-state index contributed by atoms with van der Waals surface area (Å²) in [5.74, 6) is -0.305. The molecule has 0 radical (unpaired) electrons. The van der Waals surface area contributed by atoms with Crippen LogP contribution in [0.2, 0.25) is 0 Å². The minimum Gasteiger partial charge on any atom is -0.490 e. The van der Waals surface area contributed by atoms with Gasteiger partial charge in [0.2, 0.25) is 5.88 Å². The Hall–Kier alpha value is -5.29. The molecule has 0 fully saturated rings. The number of rotatable bonds is 6. The second kappa shape index (κ2) is 9.76. The van der Waals surface area contributed by atoms with Gasteiger partial charge in [-0.1, -0.05) is 49.1 Å². The second-order valence-corrected chi connectivity index (χ2v) is 8.17. The van der Waals surface area contributed by atoms with Crippen LogP contribution in [-0.4, -0.2) is 12.6 Å². The minimum absolute atomic E-state index is 0.0503. The van der Waals surface area contributed by atoms with E-state index in [0.717, 1.165) is 5.56 Å². The number of esters is 1. The molecule has 5 rings (SSSR count). The van der Waals surface area contributed by atoms with E-state index in [9.17, 15) is 14.9 Å². The monoisotopic (exact) mass is 492 g/mol. The fourth-order valence-electron chi connectivity index (χ4n) is 4.12. The van der Waals surface area contributed by atoms with E-state index in [4.69, 9.17) is 24.4 Å². The smallest absolute Gasteiger partial charge is 0.351 e. The molecule has 2 N–H and O–H groups in total. The molecule has 37 heavy (non-hydrogen) atoms. The zero-order valence-corrected chi connectivity index (χ0v) is 19.5. The van der Waals surface area contributed by atoms with E-state index < -0.39 is 17.5 Å². The molecule has 0 saturated heterocycles. The van der Waals surface area contributed by atoms with Gasteiger partial charge in [0.15, 0.2) is 0 Å². The summed E-state index contributed by atoms with van der Waals surface area (Å²) in [6.45, 7) is 4.01. The predicted octanol–water partition coefficient (Wildman–Crippen LogP) is 4.80. The molecule has 0 spiro atoms. The Balaban J connectivity index is 1.45. The lowest BCUT2D eigenvalue weighted by Gasteiger charge is -2.26. The highest BCUT2D eigenvalue weighted by molar-refractivity contribution is 5.94. The molecule has 1 unspecified atom stereocenters. The summed E-state index contributed by atoms with van der Waals surface area (Å²) in [7, 11) is 0. The van der Waals surface area contributed by atoms with Gasteiger partial charge in [-0.15, -0.1) is 0 Å². The Morgan fingerprint density at radius 1 is 1.08 bits per heavy atom. The molecule has 2 heterocycles. The summed E-state index contributed by atoms with van der Waals surface area (Å²) in [5.41, 5.74) is 7.13. The van der Waals surface area contributed by atoms with E-state index in [0.29, 0.717) is 34.6 Å². The van der Waals surface area contributed by atoms with Gasteiger partial charge < -0.3 is 24.4 Å². The first-order valence-electron chi connectivity index (χ1n) is 11.3. The first kappa shape index (κ1) is 23.5. The molecule has 0 bridgehead atoms. The van der Waals surface area contributed by atoms with Crippen LogP contribution in [-0.2, 0) is 0 Å². The van der Waals surface area contributed by atoms with Crippen LogP contribution in [0.4, 0.5) is 0 Å². The van der Waals surface area contributed by atoms with E-state index >= 15 is 0 Å². The molecule has 0 aliphatic carbocycles. The van der Waals surface area contributed by atoms with Crippen molar-refractivity contribution < 1.29 is 23.4 Å². The van der Waals surface area contributed by atoms with Gasteiger partial charge in [-0.05, 0) is 35.9 Å². The molecule has 8 heteroatoms. The van der Waals surface area contributed by atoms with Crippen LogP contribution in [0.25, 0.3) is 11.0 Å². The van der Waals surface area contributed by atoms with Crippen molar-refractivity contribution in [3.8, 4) is 23.3 Å². The second-order valence-electron chi connectivity index (χ2n) is 8.17. The number of allylic oxidation sites excluding steroid dienone is 1. The van der Waals surface area contributed by atoms with Crippen molar-refractivity contribution in [2.45, 2.75) is 5.92 Å². The van der Waals surface area contributed by atoms with Gasteiger partial charge in [-0.25, -0.2) is 9.59 Å². The van der Waals surface area contributed by atoms with Crippen LogP contribution in [0.15, 0.2) is 106 Å². The number of ether oxygens (including phenoxy) is 3. The Labute approximate surface area is 211 Å². The molecule has 0 saturated carbocycles. The van der Waals surface area contributed by atoms with Crippen LogP contribution in [0.3, 0.4) is 0 Å².